The smallest absolute Gasteiger partial charge is 0.0408 e. The minimum atomic E-state index is 0.737. The SMILES string of the molecule is Clc1cccc(CCNC2CCSCC2)c1. The molecule has 0 aromatic heterocycles. The van der Waals surface area contributed by atoms with Gasteiger partial charge in [0.15, 0.2) is 0 Å². The first-order valence-electron chi connectivity index (χ1n) is 5.90. The van der Waals surface area contributed by atoms with Crippen LogP contribution in [0.2, 0.25) is 5.02 Å². The van der Waals surface area contributed by atoms with Crippen molar-refractivity contribution in [1.82, 2.24) is 5.32 Å². The van der Waals surface area contributed by atoms with E-state index in [0.717, 1.165) is 24.0 Å². The van der Waals surface area contributed by atoms with Crippen LogP contribution in [0.4, 0.5) is 0 Å². The summed E-state index contributed by atoms with van der Waals surface area (Å²) >= 11 is 8.02. The molecule has 1 fully saturated rings. The molecule has 3 heteroatoms. The van der Waals surface area contributed by atoms with Crippen LogP contribution in [-0.4, -0.2) is 24.1 Å². The van der Waals surface area contributed by atoms with Crippen LogP contribution in [-0.2, 0) is 6.42 Å². The third-order valence-corrected chi connectivity index (χ3v) is 4.24. The van der Waals surface area contributed by atoms with Gasteiger partial charge in [-0.05, 0) is 55.0 Å². The average Bonchev–Trinajstić information content (AvgIpc) is 2.30. The molecule has 1 N–H and O–H groups in total. The Morgan fingerprint density at radius 2 is 2.12 bits per heavy atom. The van der Waals surface area contributed by atoms with Crippen LogP contribution >= 0.6 is 23.4 Å². The summed E-state index contributed by atoms with van der Waals surface area (Å²) in [6.07, 6.45) is 3.71. The Bertz CT molecular complexity index is 323. The van der Waals surface area contributed by atoms with Crippen molar-refractivity contribution >= 4 is 23.4 Å². The van der Waals surface area contributed by atoms with E-state index in [1.807, 2.05) is 12.1 Å². The zero-order valence-electron chi connectivity index (χ0n) is 9.42. The van der Waals surface area contributed by atoms with E-state index in [4.69, 9.17) is 11.6 Å². The van der Waals surface area contributed by atoms with Gasteiger partial charge < -0.3 is 5.32 Å². The van der Waals surface area contributed by atoms with E-state index in [9.17, 15) is 0 Å². The summed E-state index contributed by atoms with van der Waals surface area (Å²) in [4.78, 5) is 0. The number of rotatable bonds is 4. The monoisotopic (exact) mass is 255 g/mol. The average molecular weight is 256 g/mol. The van der Waals surface area contributed by atoms with Crippen molar-refractivity contribution in [2.45, 2.75) is 25.3 Å². The Morgan fingerprint density at radius 1 is 1.31 bits per heavy atom. The second kappa shape index (κ2) is 6.53. The van der Waals surface area contributed by atoms with E-state index in [2.05, 4.69) is 29.2 Å². The molecule has 1 aromatic carbocycles. The van der Waals surface area contributed by atoms with Crippen LogP contribution in [0.25, 0.3) is 0 Å². The first-order chi connectivity index (χ1) is 7.84. The molecule has 0 bridgehead atoms. The van der Waals surface area contributed by atoms with Gasteiger partial charge in [-0.1, -0.05) is 23.7 Å². The number of nitrogens with one attached hydrogen (secondary N) is 1. The summed E-state index contributed by atoms with van der Waals surface area (Å²) in [7, 11) is 0. The maximum absolute atomic E-state index is 5.95. The number of benzene rings is 1. The molecular weight excluding hydrogens is 238 g/mol. The minimum absolute atomic E-state index is 0.737. The fraction of sp³-hybridized carbons (Fsp3) is 0.538. The van der Waals surface area contributed by atoms with Crippen molar-refractivity contribution in [3.05, 3.63) is 34.9 Å². The molecule has 1 aromatic rings. The maximum Gasteiger partial charge on any atom is 0.0408 e. The number of halogens is 1. The Labute approximate surface area is 107 Å². The van der Waals surface area contributed by atoms with E-state index in [-0.39, 0.29) is 0 Å². The van der Waals surface area contributed by atoms with Crippen molar-refractivity contribution in [1.29, 1.82) is 0 Å². The lowest BCUT2D eigenvalue weighted by Crippen LogP contribution is -2.33. The predicted octanol–water partition coefficient (Wildman–Crippen LogP) is 3.37. The summed E-state index contributed by atoms with van der Waals surface area (Å²) in [6.45, 7) is 1.07. The van der Waals surface area contributed by atoms with E-state index < -0.39 is 0 Å². The van der Waals surface area contributed by atoms with Gasteiger partial charge in [-0.15, -0.1) is 0 Å². The highest BCUT2D eigenvalue weighted by molar-refractivity contribution is 7.99. The van der Waals surface area contributed by atoms with Gasteiger partial charge in [-0.25, -0.2) is 0 Å². The summed E-state index contributed by atoms with van der Waals surface area (Å²) in [5.74, 6) is 2.63. The molecule has 0 amide bonds. The molecule has 0 unspecified atom stereocenters. The van der Waals surface area contributed by atoms with Gasteiger partial charge in [-0.3, -0.25) is 0 Å². The minimum Gasteiger partial charge on any atom is -0.314 e. The van der Waals surface area contributed by atoms with Crippen LogP contribution in [0.5, 0.6) is 0 Å². The molecule has 1 nitrogen and oxygen atoms in total. The molecule has 0 spiro atoms. The molecule has 0 aliphatic carbocycles. The third kappa shape index (κ3) is 4.00. The molecule has 16 heavy (non-hydrogen) atoms. The maximum atomic E-state index is 5.95. The molecular formula is C13H18ClNS. The standard InChI is InChI=1S/C13H18ClNS/c14-12-3-1-2-11(10-12)4-7-15-13-5-8-16-9-6-13/h1-3,10,13,15H,4-9H2. The van der Waals surface area contributed by atoms with Gasteiger partial charge in [0.2, 0.25) is 0 Å². The summed E-state index contributed by atoms with van der Waals surface area (Å²) in [5, 5.41) is 4.47. The van der Waals surface area contributed by atoms with Crippen molar-refractivity contribution in [2.75, 3.05) is 18.1 Å². The molecule has 0 radical (unpaired) electrons. The van der Waals surface area contributed by atoms with Gasteiger partial charge in [-0.2, -0.15) is 11.8 Å². The Balaban J connectivity index is 1.71. The first kappa shape index (κ1) is 12.3. The van der Waals surface area contributed by atoms with E-state index >= 15 is 0 Å². The van der Waals surface area contributed by atoms with Gasteiger partial charge in [0.05, 0.1) is 0 Å². The lowest BCUT2D eigenvalue weighted by molar-refractivity contribution is 0.486. The number of hydrogen-bond acceptors (Lipinski definition) is 2. The van der Waals surface area contributed by atoms with E-state index in [1.165, 1.54) is 29.9 Å². The summed E-state index contributed by atoms with van der Waals surface area (Å²) in [6, 6.07) is 8.89. The van der Waals surface area contributed by atoms with Crippen LogP contribution < -0.4 is 5.32 Å². The van der Waals surface area contributed by atoms with Gasteiger partial charge >= 0.3 is 0 Å². The second-order valence-electron chi connectivity index (χ2n) is 4.22. The Morgan fingerprint density at radius 3 is 2.88 bits per heavy atom. The van der Waals surface area contributed by atoms with Crippen LogP contribution in [0, 0.1) is 0 Å². The molecule has 1 saturated heterocycles. The fourth-order valence-electron chi connectivity index (χ4n) is 2.01. The van der Waals surface area contributed by atoms with Crippen LogP contribution in [0.1, 0.15) is 18.4 Å². The Hall–Kier alpha value is -0.180. The highest BCUT2D eigenvalue weighted by Gasteiger charge is 2.12. The zero-order valence-corrected chi connectivity index (χ0v) is 11.0. The van der Waals surface area contributed by atoms with Crippen molar-refractivity contribution in [2.24, 2.45) is 0 Å². The lowest BCUT2D eigenvalue weighted by atomic mass is 10.1. The van der Waals surface area contributed by atoms with Crippen LogP contribution in [0.3, 0.4) is 0 Å². The number of thioether (sulfide) groups is 1. The van der Waals surface area contributed by atoms with Crippen molar-refractivity contribution in [3.63, 3.8) is 0 Å². The second-order valence-corrected chi connectivity index (χ2v) is 5.88. The van der Waals surface area contributed by atoms with Crippen LogP contribution in [0.15, 0.2) is 24.3 Å². The molecule has 2 rings (SSSR count). The first-order valence-corrected chi connectivity index (χ1v) is 7.43. The molecule has 1 aliphatic heterocycles. The Kier molecular flexibility index (Phi) is 5.01. The summed E-state index contributed by atoms with van der Waals surface area (Å²) < 4.78 is 0. The molecule has 0 saturated carbocycles. The highest BCUT2D eigenvalue weighted by Crippen LogP contribution is 2.17. The normalized spacial score (nSPS) is 17.6. The molecule has 1 aliphatic rings. The van der Waals surface area contributed by atoms with Gasteiger partial charge in [0.1, 0.15) is 0 Å². The largest absolute Gasteiger partial charge is 0.314 e. The molecule has 1 heterocycles. The topological polar surface area (TPSA) is 12.0 Å². The van der Waals surface area contributed by atoms with E-state index in [1.54, 1.807) is 0 Å². The number of hydrogen-bond donors (Lipinski definition) is 1. The zero-order chi connectivity index (χ0) is 11.2. The fourth-order valence-corrected chi connectivity index (χ4v) is 3.33. The van der Waals surface area contributed by atoms with Crippen molar-refractivity contribution in [3.8, 4) is 0 Å². The van der Waals surface area contributed by atoms with Crippen molar-refractivity contribution < 1.29 is 0 Å². The predicted molar refractivity (Wildman–Crippen MR) is 73.5 cm³/mol. The molecule has 88 valence electrons. The summed E-state index contributed by atoms with van der Waals surface area (Å²) in [5.41, 5.74) is 1.32. The lowest BCUT2D eigenvalue weighted by Gasteiger charge is -2.22. The van der Waals surface area contributed by atoms with Gasteiger partial charge in [0, 0.05) is 11.1 Å². The highest BCUT2D eigenvalue weighted by atomic mass is 35.5. The molecule has 0 atom stereocenters. The van der Waals surface area contributed by atoms with Gasteiger partial charge in [0.25, 0.3) is 0 Å². The third-order valence-electron chi connectivity index (χ3n) is 2.96. The van der Waals surface area contributed by atoms with E-state index in [0.29, 0.717) is 0 Å². The quantitative estimate of drug-likeness (QED) is 0.886.